The Labute approximate surface area is 361 Å². The molecule has 3 aromatic heterocycles. The molecule has 6 rings (SSSR count). The third-order valence-electron chi connectivity index (χ3n) is 9.45. The lowest BCUT2D eigenvalue weighted by Gasteiger charge is -2.25. The number of aliphatic hydroxyl groups excluding tert-OH is 1. The molecule has 0 radical (unpaired) electrons. The number of hydrogen-bond donors (Lipinski definition) is 7. The maximum Gasteiger partial charge on any atom is 0.472 e. The van der Waals surface area contributed by atoms with Crippen molar-refractivity contribution in [2.45, 2.75) is 86.0 Å². The number of thioether (sulfide) groups is 1. The molecule has 0 spiro atoms. The molecule has 25 nitrogen and oxygen atoms in total. The molecule has 9 atom stereocenters. The number of phosphoric ester groups is 2. The van der Waals surface area contributed by atoms with Crippen molar-refractivity contribution in [1.29, 1.82) is 0 Å². The van der Waals surface area contributed by atoms with Gasteiger partial charge in [0.1, 0.15) is 54.3 Å². The van der Waals surface area contributed by atoms with Gasteiger partial charge in [-0.2, -0.15) is 4.98 Å². The molecule has 0 bridgehead atoms. The molecule has 2 aliphatic heterocycles. The zero-order valence-electron chi connectivity index (χ0n) is 32.9. The molecule has 0 aliphatic carbocycles. The fourth-order valence-corrected chi connectivity index (χ4v) is 8.58. The highest BCUT2D eigenvalue weighted by Gasteiger charge is 2.50. The number of benzene rings is 1. The van der Waals surface area contributed by atoms with Crippen molar-refractivity contribution < 1.29 is 71.1 Å². The van der Waals surface area contributed by atoms with Crippen LogP contribution in [-0.4, -0.2) is 116 Å². The van der Waals surface area contributed by atoms with Gasteiger partial charge in [0, 0.05) is 30.4 Å². The quantitative estimate of drug-likeness (QED) is 0.0280. The van der Waals surface area contributed by atoms with Crippen molar-refractivity contribution in [3.63, 3.8) is 0 Å². The van der Waals surface area contributed by atoms with E-state index < -0.39 is 95.4 Å². The predicted octanol–water partition coefficient (Wildman–Crippen LogP) is 0.867. The molecule has 9 N–H and O–H groups in total. The van der Waals surface area contributed by atoms with E-state index in [1.807, 2.05) is 0 Å². The van der Waals surface area contributed by atoms with Crippen LogP contribution in [0.4, 0.5) is 11.6 Å². The van der Waals surface area contributed by atoms with Gasteiger partial charge in [0.2, 0.25) is 5.91 Å². The van der Waals surface area contributed by atoms with Crippen molar-refractivity contribution >= 4 is 67.2 Å². The number of nitrogens with one attached hydrogen (secondary N) is 1. The van der Waals surface area contributed by atoms with E-state index in [0.29, 0.717) is 4.90 Å². The minimum atomic E-state index is -5.26. The second-order valence-corrected chi connectivity index (χ2v) is 17.7. The van der Waals surface area contributed by atoms with Gasteiger partial charge in [0.15, 0.2) is 28.9 Å². The summed E-state index contributed by atoms with van der Waals surface area (Å²) in [6, 6.07) is 8.58. The van der Waals surface area contributed by atoms with Crippen molar-refractivity contribution in [3.05, 3.63) is 78.4 Å². The van der Waals surface area contributed by atoms with Crippen LogP contribution in [0.3, 0.4) is 0 Å². The zero-order chi connectivity index (χ0) is 45.5. The molecule has 1 amide bonds. The minimum absolute atomic E-state index is 0.0114. The Bertz CT molecular complexity index is 2440. The van der Waals surface area contributed by atoms with Crippen LogP contribution in [0, 0.1) is 0 Å². The van der Waals surface area contributed by atoms with Gasteiger partial charge in [-0.3, -0.25) is 32.3 Å². The number of aromatic nitrogens is 6. The number of carbonyl (C=O) groups excluding carboxylic acids is 3. The Morgan fingerprint density at radius 3 is 2.48 bits per heavy atom. The highest BCUT2D eigenvalue weighted by molar-refractivity contribution is 8.13. The summed E-state index contributed by atoms with van der Waals surface area (Å²) in [6.45, 7) is 1.80. The van der Waals surface area contributed by atoms with Gasteiger partial charge in [0.25, 0.3) is 0 Å². The Balaban J connectivity index is 1.22. The fraction of sp³-hybridized carbons (Fsp3) is 0.429. The SMILES string of the molecule is C=CCCC(=O)NC(CCC(=O)Sc1ccccc1)C(=O)O[C@H]1[C@@H](O)[C@H](n2cnc3c(N)ncnc32)O[C@@H]1COP(=O)(O)O[C@H]1C[C@H](n2ccc(N)nc2=O)O[C@@H]1COP(=O)(O)O. The lowest BCUT2D eigenvalue weighted by atomic mass is 10.1. The number of amides is 1. The Hall–Kier alpha value is -4.95. The van der Waals surface area contributed by atoms with E-state index in [2.05, 4.69) is 36.4 Å². The monoisotopic (exact) mass is 939 g/mol. The zero-order valence-corrected chi connectivity index (χ0v) is 35.5. The van der Waals surface area contributed by atoms with Crippen molar-refractivity contribution in [2.24, 2.45) is 0 Å². The number of hydrogen-bond acceptors (Lipinski definition) is 20. The molecule has 2 aliphatic rings. The van der Waals surface area contributed by atoms with E-state index >= 15 is 0 Å². The van der Waals surface area contributed by atoms with E-state index in [1.165, 1.54) is 29.2 Å². The molecule has 2 unspecified atom stereocenters. The van der Waals surface area contributed by atoms with Gasteiger partial charge in [-0.05, 0) is 31.0 Å². The average Bonchev–Trinajstić information content (AvgIpc) is 3.92. The lowest BCUT2D eigenvalue weighted by molar-refractivity contribution is -0.160. The summed E-state index contributed by atoms with van der Waals surface area (Å²) in [6.07, 6.45) is -6.19. The number of nitrogen functional groups attached to an aromatic ring is 2. The van der Waals surface area contributed by atoms with Gasteiger partial charge >= 0.3 is 27.3 Å². The second kappa shape index (κ2) is 20.7. The Morgan fingerprint density at radius 1 is 1.02 bits per heavy atom. The number of ether oxygens (including phenoxy) is 3. The summed E-state index contributed by atoms with van der Waals surface area (Å²) in [5.74, 6) is -1.79. The molecular weight excluding hydrogens is 896 g/mol. The predicted molar refractivity (Wildman–Crippen MR) is 218 cm³/mol. The number of nitrogens with zero attached hydrogens (tertiary/aromatic N) is 6. The summed E-state index contributed by atoms with van der Waals surface area (Å²) in [4.78, 5) is 98.3. The summed E-state index contributed by atoms with van der Waals surface area (Å²) in [7, 11) is -10.3. The Morgan fingerprint density at radius 2 is 1.76 bits per heavy atom. The van der Waals surface area contributed by atoms with Gasteiger partial charge < -0.3 is 50.8 Å². The minimum Gasteiger partial charge on any atom is -0.455 e. The largest absolute Gasteiger partial charge is 0.472 e. The van der Waals surface area contributed by atoms with E-state index in [9.17, 15) is 48.1 Å². The summed E-state index contributed by atoms with van der Waals surface area (Å²) in [5.41, 5.74) is 10.9. The third kappa shape index (κ3) is 12.6. The molecule has 2 saturated heterocycles. The molecule has 4 aromatic rings. The number of rotatable bonds is 20. The Kier molecular flexibility index (Phi) is 15.6. The number of anilines is 2. The average molecular weight is 940 g/mol. The number of nitrogens with two attached hydrogens (primary N) is 2. The van der Waals surface area contributed by atoms with E-state index in [0.717, 1.165) is 22.7 Å². The fourth-order valence-electron chi connectivity index (χ4n) is 6.50. The number of phosphoric acid groups is 2. The first-order valence-corrected chi connectivity index (χ1v) is 22.7. The van der Waals surface area contributed by atoms with Gasteiger partial charge in [0.05, 0.1) is 19.5 Å². The first kappa shape index (κ1) is 47.5. The molecule has 2 fully saturated rings. The molecule has 63 heavy (non-hydrogen) atoms. The van der Waals surface area contributed by atoms with E-state index in [4.69, 9.17) is 34.7 Å². The smallest absolute Gasteiger partial charge is 0.455 e. The van der Waals surface area contributed by atoms with Crippen LogP contribution >= 0.6 is 27.4 Å². The highest BCUT2D eigenvalue weighted by atomic mass is 32.2. The number of carbonyl (C=O) groups is 3. The lowest BCUT2D eigenvalue weighted by Crippen LogP contribution is -2.46. The third-order valence-corrected chi connectivity index (χ3v) is 11.9. The van der Waals surface area contributed by atoms with Gasteiger partial charge in [-0.25, -0.2) is 33.7 Å². The molecule has 340 valence electrons. The highest BCUT2D eigenvalue weighted by Crippen LogP contribution is 2.50. The van der Waals surface area contributed by atoms with Crippen LogP contribution in [0.15, 0.2) is 77.6 Å². The van der Waals surface area contributed by atoms with Crippen LogP contribution in [-0.2, 0) is 51.3 Å². The van der Waals surface area contributed by atoms with Crippen molar-refractivity contribution in [1.82, 2.24) is 34.4 Å². The normalized spacial score (nSPS) is 23.8. The van der Waals surface area contributed by atoms with E-state index in [1.54, 1.807) is 30.3 Å². The number of esters is 1. The van der Waals surface area contributed by atoms with Crippen LogP contribution in [0.5, 0.6) is 0 Å². The summed E-state index contributed by atoms with van der Waals surface area (Å²) >= 11 is 0.933. The van der Waals surface area contributed by atoms with Gasteiger partial charge in [-0.1, -0.05) is 36.0 Å². The number of imidazole rings is 1. The topological polar surface area (TPSA) is 364 Å². The first-order valence-electron chi connectivity index (χ1n) is 18.9. The maximum absolute atomic E-state index is 13.9. The van der Waals surface area contributed by atoms with Crippen molar-refractivity contribution in [2.75, 3.05) is 24.7 Å². The van der Waals surface area contributed by atoms with Crippen molar-refractivity contribution in [3.8, 4) is 0 Å². The molecule has 1 aromatic carbocycles. The van der Waals surface area contributed by atoms with E-state index in [-0.39, 0.29) is 60.0 Å². The number of allylic oxidation sites excluding steroid dienone is 1. The molecular formula is C35H43N9O16P2S. The summed E-state index contributed by atoms with van der Waals surface area (Å²) in [5, 5.41) is 13.9. The van der Waals surface area contributed by atoms with Crippen LogP contribution in [0.1, 0.15) is 44.6 Å². The standard InChI is InChI=1S/C35H43N9O16P2S/c1-2-3-9-25(45)41-20(10-11-27(46)63-19-7-5-4-6-8-19)34(48)59-30-23(58-33(29(30)47)44-18-40-28-31(37)38-17-39-32(28)44)16-56-62(53,54)60-21-14-26(43-13-12-24(36)42-35(43)49)57-22(21)15-55-61(50,51)52/h2,4-8,12-13,17-18,20-23,26,29-30,33,47H,1,3,9-11,14-16H2,(H,41,45)(H,53,54)(H2,36,42,49)(H2,37,38,39)(H2,50,51,52)/t20?,21-,22+,23+,26+,29+,30+,33+/m0/s1. The molecule has 5 heterocycles. The van der Waals surface area contributed by atoms with Crippen LogP contribution in [0.2, 0.25) is 0 Å². The molecule has 0 saturated carbocycles. The second-order valence-electron chi connectivity index (χ2n) is 13.9. The number of fused-ring (bicyclic) bond motifs is 1. The van der Waals surface area contributed by atoms with Gasteiger partial charge in [-0.15, -0.1) is 6.58 Å². The van der Waals surface area contributed by atoms with Crippen LogP contribution < -0.4 is 22.5 Å². The first-order chi connectivity index (χ1) is 29.9. The maximum atomic E-state index is 13.9. The summed E-state index contributed by atoms with van der Waals surface area (Å²) < 4.78 is 60.1. The number of aliphatic hydroxyl groups is 1. The molecule has 28 heteroatoms. The van der Waals surface area contributed by atoms with Crippen LogP contribution in [0.25, 0.3) is 11.2 Å².